The number of H-pyrrole nitrogens is 2. The van der Waals surface area contributed by atoms with Crippen molar-refractivity contribution in [2.75, 3.05) is 0 Å². The van der Waals surface area contributed by atoms with Gasteiger partial charge in [0.15, 0.2) is 4.77 Å². The van der Waals surface area contributed by atoms with Crippen LogP contribution in [0, 0.1) is 4.77 Å². The highest BCUT2D eigenvalue weighted by molar-refractivity contribution is 7.71. The van der Waals surface area contributed by atoms with Crippen LogP contribution in [0.1, 0.15) is 21.6 Å². The summed E-state index contributed by atoms with van der Waals surface area (Å²) in [5.74, 6) is -0.0222. The standard InChI is InChI=1S/C20H14N4O2S/c25-18-15-4-3-10(5-13(15)9-21-18)11-1-2-12-6-14(22-16(12)7-11)8-17-19(26)24-20(27)23-17/h1-8,26H,9H2,(H,21,25)(H2,23,24,27). The highest BCUT2D eigenvalue weighted by Gasteiger charge is 2.18. The Labute approximate surface area is 158 Å². The molecule has 4 N–H and O–H groups in total. The number of aromatic amines is 2. The van der Waals surface area contributed by atoms with Crippen LogP contribution < -0.4 is 15.9 Å². The lowest BCUT2D eigenvalue weighted by atomic mass is 10.00. The number of nitrogens with zero attached hydrogens (tertiary/aromatic N) is 1. The minimum atomic E-state index is -0.0167. The number of fused-ring (bicyclic) bond motifs is 2. The van der Waals surface area contributed by atoms with Crippen LogP contribution in [0.15, 0.2) is 47.1 Å². The van der Waals surface area contributed by atoms with Crippen molar-refractivity contribution in [3.63, 3.8) is 0 Å². The number of allylic oxidation sites excluding steroid dienone is 1. The molecule has 1 amide bonds. The zero-order valence-electron chi connectivity index (χ0n) is 14.0. The second-order valence-electron chi connectivity index (χ2n) is 6.49. The molecule has 1 aromatic heterocycles. The molecule has 132 valence electrons. The molecule has 7 heteroatoms. The molecule has 6 nitrogen and oxygen atoms in total. The zero-order chi connectivity index (χ0) is 18.5. The maximum atomic E-state index is 11.7. The van der Waals surface area contributed by atoms with Crippen molar-refractivity contribution in [1.29, 1.82) is 0 Å². The van der Waals surface area contributed by atoms with E-state index in [9.17, 15) is 9.90 Å². The van der Waals surface area contributed by atoms with E-state index in [0.29, 0.717) is 17.0 Å². The molecule has 2 aromatic carbocycles. The minimum absolute atomic E-state index is 0.00552. The third kappa shape index (κ3) is 2.69. The number of imidazole rings is 1. The van der Waals surface area contributed by atoms with Crippen LogP contribution in [0.3, 0.4) is 0 Å². The highest BCUT2D eigenvalue weighted by atomic mass is 32.1. The zero-order valence-corrected chi connectivity index (χ0v) is 14.9. The summed E-state index contributed by atoms with van der Waals surface area (Å²) in [4.78, 5) is 21.9. The summed E-state index contributed by atoms with van der Waals surface area (Å²) in [6.45, 7) is 0.569. The van der Waals surface area contributed by atoms with Crippen LogP contribution in [-0.2, 0) is 6.54 Å². The van der Waals surface area contributed by atoms with Crippen molar-refractivity contribution in [3.8, 4) is 17.0 Å². The summed E-state index contributed by atoms with van der Waals surface area (Å²) in [5, 5.41) is 14.5. The van der Waals surface area contributed by atoms with Gasteiger partial charge in [0, 0.05) is 17.3 Å². The van der Waals surface area contributed by atoms with Gasteiger partial charge in [0.2, 0.25) is 5.88 Å². The summed E-state index contributed by atoms with van der Waals surface area (Å²) in [7, 11) is 0. The molecule has 0 spiro atoms. The lowest BCUT2D eigenvalue weighted by Crippen LogP contribution is -2.20. The number of aromatic hydroxyl groups is 1. The number of rotatable bonds is 2. The second kappa shape index (κ2) is 5.78. The Kier molecular flexibility index (Phi) is 3.38. The Morgan fingerprint density at radius 3 is 2.74 bits per heavy atom. The van der Waals surface area contributed by atoms with E-state index in [0.717, 1.165) is 38.5 Å². The third-order valence-corrected chi connectivity index (χ3v) is 4.94. The van der Waals surface area contributed by atoms with Crippen LogP contribution in [0.25, 0.3) is 23.3 Å². The Balaban J connectivity index is 1.55. The van der Waals surface area contributed by atoms with Crippen LogP contribution in [0.4, 0.5) is 0 Å². The Morgan fingerprint density at radius 1 is 1.11 bits per heavy atom. The molecule has 0 saturated carbocycles. The number of benzene rings is 2. The van der Waals surface area contributed by atoms with Crippen molar-refractivity contribution in [2.45, 2.75) is 6.54 Å². The van der Waals surface area contributed by atoms with Crippen molar-refractivity contribution >= 4 is 30.3 Å². The minimum Gasteiger partial charge on any atom is -0.493 e. The lowest BCUT2D eigenvalue weighted by Gasteiger charge is -2.03. The quantitative estimate of drug-likeness (QED) is 0.518. The first-order chi connectivity index (χ1) is 13.1. The molecule has 0 aliphatic carbocycles. The van der Waals surface area contributed by atoms with Gasteiger partial charge in [0.1, 0.15) is 5.69 Å². The highest BCUT2D eigenvalue weighted by Crippen LogP contribution is 2.24. The van der Waals surface area contributed by atoms with E-state index in [2.05, 4.69) is 20.3 Å². The average molecular weight is 374 g/mol. The van der Waals surface area contributed by atoms with Gasteiger partial charge in [-0.25, -0.2) is 4.99 Å². The molecular formula is C20H14N4O2S. The normalized spacial score (nSPS) is 15.9. The predicted molar refractivity (Wildman–Crippen MR) is 104 cm³/mol. The van der Waals surface area contributed by atoms with Crippen LogP contribution >= 0.6 is 12.2 Å². The summed E-state index contributed by atoms with van der Waals surface area (Å²) in [5.41, 5.74) is 5.07. The SMILES string of the molecule is O=C1NCc2cc(-c3ccc4c(c3)=NC(=Cc3[nH]c(=S)[nH]c3O)C=4)ccc21. The van der Waals surface area contributed by atoms with Crippen LogP contribution in [-0.4, -0.2) is 21.0 Å². The van der Waals surface area contributed by atoms with Gasteiger partial charge >= 0.3 is 0 Å². The Hall–Kier alpha value is -3.45. The first-order valence-corrected chi connectivity index (χ1v) is 8.83. The largest absolute Gasteiger partial charge is 0.493 e. The molecule has 0 radical (unpaired) electrons. The van der Waals surface area contributed by atoms with Gasteiger partial charge in [0.05, 0.1) is 11.1 Å². The van der Waals surface area contributed by atoms with Crippen molar-refractivity contribution in [1.82, 2.24) is 15.3 Å². The van der Waals surface area contributed by atoms with Crippen molar-refractivity contribution in [3.05, 3.63) is 74.3 Å². The average Bonchev–Trinajstić information content (AvgIpc) is 3.31. The lowest BCUT2D eigenvalue weighted by molar-refractivity contribution is 0.0966. The second-order valence-corrected chi connectivity index (χ2v) is 6.90. The molecule has 0 saturated heterocycles. The molecule has 0 fully saturated rings. The first-order valence-electron chi connectivity index (χ1n) is 8.42. The Morgan fingerprint density at radius 2 is 1.93 bits per heavy atom. The fraction of sp³-hybridized carbons (Fsp3) is 0.0500. The first kappa shape index (κ1) is 15.8. The number of amides is 1. The van der Waals surface area contributed by atoms with Crippen LogP contribution in [0.5, 0.6) is 5.88 Å². The van der Waals surface area contributed by atoms with E-state index in [1.54, 1.807) is 6.08 Å². The predicted octanol–water partition coefficient (Wildman–Crippen LogP) is 2.14. The van der Waals surface area contributed by atoms with E-state index in [1.165, 1.54) is 0 Å². The van der Waals surface area contributed by atoms with Crippen molar-refractivity contribution < 1.29 is 9.90 Å². The molecule has 2 aliphatic rings. The van der Waals surface area contributed by atoms with Gasteiger partial charge in [-0.05, 0) is 59.3 Å². The monoisotopic (exact) mass is 374 g/mol. The number of hydrogen-bond donors (Lipinski definition) is 4. The molecule has 3 heterocycles. The number of hydrogen-bond acceptors (Lipinski definition) is 4. The molecule has 0 unspecified atom stereocenters. The molecule has 3 aromatic rings. The molecule has 2 aliphatic heterocycles. The van der Waals surface area contributed by atoms with Gasteiger partial charge in [-0.2, -0.15) is 0 Å². The van der Waals surface area contributed by atoms with Gasteiger partial charge in [0.25, 0.3) is 5.91 Å². The summed E-state index contributed by atoms with van der Waals surface area (Å²) < 4.78 is 0.363. The summed E-state index contributed by atoms with van der Waals surface area (Å²) in [6.07, 6.45) is 3.70. The molecule has 27 heavy (non-hydrogen) atoms. The number of aromatic nitrogens is 2. The van der Waals surface area contributed by atoms with Gasteiger partial charge in [-0.15, -0.1) is 0 Å². The molecule has 0 bridgehead atoms. The maximum absolute atomic E-state index is 11.7. The van der Waals surface area contributed by atoms with E-state index >= 15 is 0 Å². The smallest absolute Gasteiger partial charge is 0.251 e. The number of nitrogens with one attached hydrogen (secondary N) is 3. The van der Waals surface area contributed by atoms with E-state index in [4.69, 9.17) is 12.2 Å². The molecule has 0 atom stereocenters. The number of carbonyl (C=O) groups is 1. The van der Waals surface area contributed by atoms with Gasteiger partial charge in [-0.1, -0.05) is 18.2 Å². The third-order valence-electron chi connectivity index (χ3n) is 4.73. The molecular weight excluding hydrogens is 360 g/mol. The topological polar surface area (TPSA) is 93.3 Å². The fourth-order valence-corrected chi connectivity index (χ4v) is 3.61. The van der Waals surface area contributed by atoms with Gasteiger partial charge < -0.3 is 20.4 Å². The maximum Gasteiger partial charge on any atom is 0.251 e. The Bertz CT molecular complexity index is 1330. The summed E-state index contributed by atoms with van der Waals surface area (Å²) in [6, 6.07) is 12.0. The number of carbonyl (C=O) groups excluding carboxylic acids is 1. The van der Waals surface area contributed by atoms with E-state index in [-0.39, 0.29) is 11.8 Å². The van der Waals surface area contributed by atoms with E-state index < -0.39 is 0 Å². The van der Waals surface area contributed by atoms with Gasteiger partial charge in [-0.3, -0.25) is 4.79 Å². The fourth-order valence-electron chi connectivity index (χ4n) is 3.40. The van der Waals surface area contributed by atoms with Crippen molar-refractivity contribution in [2.24, 2.45) is 4.99 Å². The van der Waals surface area contributed by atoms with Crippen LogP contribution in [0.2, 0.25) is 0 Å². The molecule has 5 rings (SSSR count). The summed E-state index contributed by atoms with van der Waals surface area (Å²) >= 11 is 4.98. The van der Waals surface area contributed by atoms with E-state index in [1.807, 2.05) is 42.5 Å².